The van der Waals surface area contributed by atoms with Crippen LogP contribution in [0.25, 0.3) is 22.3 Å². The Kier molecular flexibility index (Phi) is 4.99. The Bertz CT molecular complexity index is 1230. The van der Waals surface area contributed by atoms with Crippen LogP contribution >= 0.6 is 0 Å². The Morgan fingerprint density at radius 3 is 2.38 bits per heavy atom. The number of fused-ring (bicyclic) bond motifs is 1. The molecule has 0 radical (unpaired) electrons. The van der Waals surface area contributed by atoms with Crippen molar-refractivity contribution in [2.75, 3.05) is 17.7 Å². The van der Waals surface area contributed by atoms with E-state index < -0.39 is 6.03 Å². The van der Waals surface area contributed by atoms with E-state index in [0.717, 1.165) is 0 Å². The number of benzene rings is 3. The molecule has 4 aromatic rings. The normalized spacial score (nSPS) is 10.5. The number of para-hydroxylation sites is 2. The first-order chi connectivity index (χ1) is 14.1. The van der Waals surface area contributed by atoms with E-state index in [4.69, 9.17) is 9.15 Å². The summed E-state index contributed by atoms with van der Waals surface area (Å²) in [5, 5.41) is 5.83. The van der Waals surface area contributed by atoms with Crippen LogP contribution in [0.3, 0.4) is 0 Å². The average molecular weight is 386 g/mol. The summed E-state index contributed by atoms with van der Waals surface area (Å²) in [7, 11) is 1.57. The molecule has 0 fully saturated rings. The van der Waals surface area contributed by atoms with Gasteiger partial charge in [-0.05, 0) is 42.5 Å². The van der Waals surface area contributed by atoms with Crippen molar-refractivity contribution in [1.29, 1.82) is 0 Å². The predicted molar refractivity (Wildman–Crippen MR) is 114 cm³/mol. The molecule has 29 heavy (non-hydrogen) atoms. The van der Waals surface area contributed by atoms with Gasteiger partial charge in [-0.1, -0.05) is 30.3 Å². The summed E-state index contributed by atoms with van der Waals surface area (Å²) >= 11 is 0. The predicted octanol–water partition coefficient (Wildman–Crippen LogP) is 5.11. The van der Waals surface area contributed by atoms with Gasteiger partial charge in [0.25, 0.3) is 0 Å². The van der Waals surface area contributed by atoms with E-state index in [9.17, 15) is 9.59 Å². The monoisotopic (exact) mass is 386 g/mol. The molecule has 0 aliphatic carbocycles. The van der Waals surface area contributed by atoms with Crippen LogP contribution in [0.1, 0.15) is 0 Å². The third kappa shape index (κ3) is 3.96. The van der Waals surface area contributed by atoms with Crippen molar-refractivity contribution >= 4 is 28.4 Å². The van der Waals surface area contributed by atoms with Crippen molar-refractivity contribution in [1.82, 2.24) is 0 Å². The SMILES string of the molecule is COc1ccccc1-c1cc(=O)c2cc(NC(=O)Nc3ccccc3)ccc2o1. The first-order valence-electron chi connectivity index (χ1n) is 8.98. The minimum Gasteiger partial charge on any atom is -0.496 e. The lowest BCUT2D eigenvalue weighted by Crippen LogP contribution is -2.19. The Labute approximate surface area is 166 Å². The smallest absolute Gasteiger partial charge is 0.323 e. The maximum absolute atomic E-state index is 12.7. The van der Waals surface area contributed by atoms with Gasteiger partial charge in [0.15, 0.2) is 5.43 Å². The molecule has 0 unspecified atom stereocenters. The van der Waals surface area contributed by atoms with E-state index in [-0.39, 0.29) is 5.43 Å². The fourth-order valence-corrected chi connectivity index (χ4v) is 3.03. The maximum Gasteiger partial charge on any atom is 0.323 e. The summed E-state index contributed by atoms with van der Waals surface area (Å²) < 4.78 is 11.3. The fourth-order valence-electron chi connectivity index (χ4n) is 3.03. The highest BCUT2D eigenvalue weighted by Gasteiger charge is 2.12. The van der Waals surface area contributed by atoms with E-state index >= 15 is 0 Å². The molecule has 144 valence electrons. The van der Waals surface area contributed by atoms with Crippen molar-refractivity contribution in [3.8, 4) is 17.1 Å². The number of ether oxygens (including phenoxy) is 1. The molecule has 0 spiro atoms. The number of anilines is 2. The molecular formula is C23H18N2O4. The lowest BCUT2D eigenvalue weighted by molar-refractivity contribution is 0.262. The lowest BCUT2D eigenvalue weighted by atomic mass is 10.1. The van der Waals surface area contributed by atoms with Crippen LogP contribution in [0, 0.1) is 0 Å². The molecule has 2 amide bonds. The minimum absolute atomic E-state index is 0.209. The highest BCUT2D eigenvalue weighted by atomic mass is 16.5. The van der Waals surface area contributed by atoms with Gasteiger partial charge in [0.2, 0.25) is 0 Å². The summed E-state index contributed by atoms with van der Waals surface area (Å²) in [5.74, 6) is 1.04. The number of carbonyl (C=O) groups is 1. The standard InChI is InChI=1S/C23H18N2O4/c1-28-20-10-6-5-9-17(20)22-14-19(26)18-13-16(11-12-21(18)29-22)25-23(27)24-15-7-3-2-4-8-15/h2-14H,1H3,(H2,24,25,27). The summed E-state index contributed by atoms with van der Waals surface area (Å²) in [6.45, 7) is 0. The summed E-state index contributed by atoms with van der Waals surface area (Å²) in [4.78, 5) is 24.8. The molecule has 1 aromatic heterocycles. The summed E-state index contributed by atoms with van der Waals surface area (Å²) in [6.07, 6.45) is 0. The number of rotatable bonds is 4. The van der Waals surface area contributed by atoms with Crippen molar-refractivity contribution in [2.24, 2.45) is 0 Å². The maximum atomic E-state index is 12.7. The average Bonchev–Trinajstić information content (AvgIpc) is 2.74. The van der Waals surface area contributed by atoms with Gasteiger partial charge in [-0.3, -0.25) is 4.79 Å². The molecule has 4 rings (SSSR count). The van der Waals surface area contributed by atoms with Crippen molar-refractivity contribution in [2.45, 2.75) is 0 Å². The van der Waals surface area contributed by atoms with Crippen molar-refractivity contribution in [3.05, 3.63) is 89.1 Å². The van der Waals surface area contributed by atoms with Gasteiger partial charge < -0.3 is 19.8 Å². The molecule has 0 saturated carbocycles. The number of urea groups is 1. The van der Waals surface area contributed by atoms with E-state index in [2.05, 4.69) is 10.6 Å². The van der Waals surface area contributed by atoms with Crippen LogP contribution in [-0.4, -0.2) is 13.1 Å². The molecule has 0 atom stereocenters. The van der Waals surface area contributed by atoms with Crippen molar-refractivity contribution < 1.29 is 13.9 Å². The van der Waals surface area contributed by atoms with Gasteiger partial charge >= 0.3 is 6.03 Å². The number of methoxy groups -OCH3 is 1. The van der Waals surface area contributed by atoms with E-state index in [1.165, 1.54) is 6.07 Å². The second kappa shape index (κ2) is 7.90. The van der Waals surface area contributed by atoms with Crippen LogP contribution in [0.15, 0.2) is 88.1 Å². The highest BCUT2D eigenvalue weighted by molar-refractivity contribution is 6.00. The van der Waals surface area contributed by atoms with Gasteiger partial charge in [-0.15, -0.1) is 0 Å². The molecule has 6 heteroatoms. The zero-order valence-electron chi connectivity index (χ0n) is 15.6. The molecule has 0 saturated heterocycles. The first-order valence-corrected chi connectivity index (χ1v) is 8.98. The van der Waals surface area contributed by atoms with Crippen LogP contribution in [-0.2, 0) is 0 Å². The minimum atomic E-state index is -0.398. The number of amides is 2. The quantitative estimate of drug-likeness (QED) is 0.511. The van der Waals surface area contributed by atoms with Crippen LogP contribution in [0.4, 0.5) is 16.2 Å². The third-order valence-electron chi connectivity index (χ3n) is 4.39. The topological polar surface area (TPSA) is 80.6 Å². The van der Waals surface area contributed by atoms with Gasteiger partial charge in [0, 0.05) is 17.4 Å². The van der Waals surface area contributed by atoms with Gasteiger partial charge in [0.05, 0.1) is 18.1 Å². The molecule has 1 heterocycles. The van der Waals surface area contributed by atoms with E-state index in [0.29, 0.717) is 39.4 Å². The van der Waals surface area contributed by atoms with Gasteiger partial charge in [0.1, 0.15) is 17.1 Å². The molecule has 6 nitrogen and oxygen atoms in total. The summed E-state index contributed by atoms with van der Waals surface area (Å²) in [6, 6.07) is 22.4. The Morgan fingerprint density at radius 1 is 0.862 bits per heavy atom. The third-order valence-corrected chi connectivity index (χ3v) is 4.39. The molecule has 2 N–H and O–H groups in total. The molecule has 3 aromatic carbocycles. The van der Waals surface area contributed by atoms with E-state index in [1.807, 2.05) is 36.4 Å². The zero-order valence-corrected chi connectivity index (χ0v) is 15.6. The Morgan fingerprint density at radius 2 is 1.59 bits per heavy atom. The zero-order chi connectivity index (χ0) is 20.2. The Balaban J connectivity index is 1.62. The van der Waals surface area contributed by atoms with E-state index in [1.54, 1.807) is 43.5 Å². The molecule has 0 aliphatic heterocycles. The molecule has 0 bridgehead atoms. The number of hydrogen-bond acceptors (Lipinski definition) is 4. The largest absolute Gasteiger partial charge is 0.496 e. The second-order valence-electron chi connectivity index (χ2n) is 6.33. The van der Waals surface area contributed by atoms with Crippen LogP contribution in [0.2, 0.25) is 0 Å². The lowest BCUT2D eigenvalue weighted by Gasteiger charge is -2.10. The highest BCUT2D eigenvalue weighted by Crippen LogP contribution is 2.30. The summed E-state index contributed by atoms with van der Waals surface area (Å²) in [5.41, 5.74) is 2.07. The second-order valence-corrected chi connectivity index (χ2v) is 6.33. The Hall–Kier alpha value is -4.06. The van der Waals surface area contributed by atoms with Gasteiger partial charge in [-0.2, -0.15) is 0 Å². The number of hydrogen-bond donors (Lipinski definition) is 2. The van der Waals surface area contributed by atoms with Crippen LogP contribution < -0.4 is 20.8 Å². The molecular weight excluding hydrogens is 368 g/mol. The number of carbonyl (C=O) groups excluding carboxylic acids is 1. The van der Waals surface area contributed by atoms with Gasteiger partial charge in [-0.25, -0.2) is 4.79 Å². The molecule has 0 aliphatic rings. The number of nitrogens with one attached hydrogen (secondary N) is 2. The first kappa shape index (κ1) is 18.3. The van der Waals surface area contributed by atoms with Crippen molar-refractivity contribution in [3.63, 3.8) is 0 Å². The fraction of sp³-hybridized carbons (Fsp3) is 0.0435. The van der Waals surface area contributed by atoms with Crippen LogP contribution in [0.5, 0.6) is 5.75 Å².